The molecule has 0 saturated carbocycles. The molecule has 0 radical (unpaired) electrons. The highest BCUT2D eigenvalue weighted by atomic mass is 35.5. The summed E-state index contributed by atoms with van der Waals surface area (Å²) in [6, 6.07) is 5.40. The van der Waals surface area contributed by atoms with Crippen molar-refractivity contribution < 1.29 is 14.9 Å². The Hall–Kier alpha value is -0.770. The molecule has 16 heavy (non-hydrogen) atoms. The summed E-state index contributed by atoms with van der Waals surface area (Å²) in [6.45, 7) is 1.74. The average molecular weight is 245 g/mol. The molecule has 0 heterocycles. The van der Waals surface area contributed by atoms with Crippen LogP contribution in [0.5, 0.6) is 5.75 Å². The minimum Gasteiger partial charge on any atom is -0.496 e. The maximum atomic E-state index is 9.40. The maximum Gasteiger partial charge on any atom is 0.122 e. The molecule has 0 amide bonds. The van der Waals surface area contributed by atoms with Gasteiger partial charge in [-0.15, -0.1) is 0 Å². The third-order valence-electron chi connectivity index (χ3n) is 2.56. The van der Waals surface area contributed by atoms with Crippen molar-refractivity contribution >= 4 is 11.6 Å². The summed E-state index contributed by atoms with van der Waals surface area (Å²) in [6.07, 6.45) is -0.230. The Labute approximate surface area is 101 Å². The van der Waals surface area contributed by atoms with Crippen molar-refractivity contribution in [2.75, 3.05) is 13.7 Å². The molecule has 0 aliphatic heterocycles. The molecule has 0 saturated heterocycles. The van der Waals surface area contributed by atoms with Crippen LogP contribution in [0.3, 0.4) is 0 Å². The molecule has 0 bridgehead atoms. The van der Waals surface area contributed by atoms with Gasteiger partial charge in [-0.3, -0.25) is 0 Å². The predicted molar refractivity (Wildman–Crippen MR) is 64.1 cm³/mol. The minimum absolute atomic E-state index is 0.0794. The van der Waals surface area contributed by atoms with Crippen molar-refractivity contribution in [1.29, 1.82) is 0 Å². The van der Waals surface area contributed by atoms with E-state index in [2.05, 4.69) is 0 Å². The second-order valence-corrected chi connectivity index (χ2v) is 4.30. The lowest BCUT2D eigenvalue weighted by Gasteiger charge is -2.18. The second-order valence-electron chi connectivity index (χ2n) is 3.86. The number of hydrogen-bond acceptors (Lipinski definition) is 3. The fourth-order valence-electron chi connectivity index (χ4n) is 1.70. The first-order chi connectivity index (χ1) is 7.58. The van der Waals surface area contributed by atoms with Crippen molar-refractivity contribution in [3.8, 4) is 5.75 Å². The van der Waals surface area contributed by atoms with Crippen LogP contribution in [0.4, 0.5) is 0 Å². The Morgan fingerprint density at radius 1 is 1.44 bits per heavy atom. The quantitative estimate of drug-likeness (QED) is 0.835. The lowest BCUT2D eigenvalue weighted by molar-refractivity contribution is 0.0833. The molecule has 1 aromatic carbocycles. The molecule has 2 atom stereocenters. The summed E-state index contributed by atoms with van der Waals surface area (Å²) in [4.78, 5) is 0. The van der Waals surface area contributed by atoms with Gasteiger partial charge in [0.1, 0.15) is 5.75 Å². The van der Waals surface area contributed by atoms with Gasteiger partial charge in [0.2, 0.25) is 0 Å². The Morgan fingerprint density at radius 3 is 2.69 bits per heavy atom. The molecule has 1 rings (SSSR count). The van der Waals surface area contributed by atoms with Crippen LogP contribution in [-0.4, -0.2) is 30.0 Å². The number of aliphatic hydroxyl groups excluding tert-OH is 2. The molecular weight excluding hydrogens is 228 g/mol. The zero-order valence-corrected chi connectivity index (χ0v) is 10.2. The third kappa shape index (κ3) is 3.37. The van der Waals surface area contributed by atoms with Crippen molar-refractivity contribution in [3.63, 3.8) is 0 Å². The van der Waals surface area contributed by atoms with Crippen LogP contribution < -0.4 is 4.74 Å². The number of ether oxygens (including phenoxy) is 1. The summed E-state index contributed by atoms with van der Waals surface area (Å²) in [7, 11) is 1.60. The highest BCUT2D eigenvalue weighted by Crippen LogP contribution is 2.31. The summed E-state index contributed by atoms with van der Waals surface area (Å²) in [5.74, 6) is 0.831. The first-order valence-electron chi connectivity index (χ1n) is 5.20. The molecule has 4 heteroatoms. The van der Waals surface area contributed by atoms with Gasteiger partial charge < -0.3 is 14.9 Å². The monoisotopic (exact) mass is 244 g/mol. The van der Waals surface area contributed by atoms with Gasteiger partial charge in [0.05, 0.1) is 19.8 Å². The van der Waals surface area contributed by atoms with Gasteiger partial charge in [0, 0.05) is 5.02 Å². The van der Waals surface area contributed by atoms with Crippen LogP contribution in [0.2, 0.25) is 5.02 Å². The summed E-state index contributed by atoms with van der Waals surface area (Å²) < 4.78 is 5.23. The molecule has 3 nitrogen and oxygen atoms in total. The van der Waals surface area contributed by atoms with Crippen molar-refractivity contribution in [2.45, 2.75) is 25.4 Å². The standard InChI is InChI=1S/C12H17ClO3/c1-8(5-10(15)7-14)11-6-9(13)3-4-12(11)16-2/h3-4,6,8,10,14-15H,5,7H2,1-2H3. The van der Waals surface area contributed by atoms with Gasteiger partial charge in [-0.1, -0.05) is 18.5 Å². The molecule has 0 spiro atoms. The molecule has 0 aliphatic carbocycles. The highest BCUT2D eigenvalue weighted by molar-refractivity contribution is 6.30. The minimum atomic E-state index is -0.710. The van der Waals surface area contributed by atoms with Gasteiger partial charge in [-0.25, -0.2) is 0 Å². The van der Waals surface area contributed by atoms with Gasteiger partial charge in [-0.05, 0) is 36.1 Å². The van der Waals surface area contributed by atoms with Crippen LogP contribution in [-0.2, 0) is 0 Å². The predicted octanol–water partition coefficient (Wildman–Crippen LogP) is 2.20. The van der Waals surface area contributed by atoms with E-state index in [4.69, 9.17) is 21.4 Å². The number of hydrogen-bond donors (Lipinski definition) is 2. The van der Waals surface area contributed by atoms with E-state index in [1.54, 1.807) is 19.2 Å². The molecule has 0 aromatic heterocycles. The highest BCUT2D eigenvalue weighted by Gasteiger charge is 2.15. The number of rotatable bonds is 5. The Kier molecular flexibility index (Phi) is 5.06. The topological polar surface area (TPSA) is 49.7 Å². The largest absolute Gasteiger partial charge is 0.496 e. The third-order valence-corrected chi connectivity index (χ3v) is 2.79. The SMILES string of the molecule is COc1ccc(Cl)cc1C(C)CC(O)CO. The van der Waals surface area contributed by atoms with E-state index in [-0.39, 0.29) is 12.5 Å². The normalized spacial score (nSPS) is 14.6. The zero-order valence-electron chi connectivity index (χ0n) is 9.48. The lowest BCUT2D eigenvalue weighted by Crippen LogP contribution is -2.15. The van der Waals surface area contributed by atoms with Crippen molar-refractivity contribution in [2.24, 2.45) is 0 Å². The molecule has 2 N–H and O–H groups in total. The summed E-state index contributed by atoms with van der Waals surface area (Å²) in [5, 5.41) is 18.8. The van der Waals surface area contributed by atoms with Crippen LogP contribution in [0.25, 0.3) is 0 Å². The molecule has 90 valence electrons. The first kappa shape index (κ1) is 13.3. The lowest BCUT2D eigenvalue weighted by atomic mass is 9.94. The van der Waals surface area contributed by atoms with E-state index >= 15 is 0 Å². The maximum absolute atomic E-state index is 9.40. The van der Waals surface area contributed by atoms with Gasteiger partial charge >= 0.3 is 0 Å². The molecule has 2 unspecified atom stereocenters. The van der Waals surface area contributed by atoms with Crippen LogP contribution in [0.15, 0.2) is 18.2 Å². The molecule has 0 fully saturated rings. The Morgan fingerprint density at radius 2 is 2.12 bits per heavy atom. The van der Waals surface area contributed by atoms with E-state index in [1.165, 1.54) is 0 Å². The van der Waals surface area contributed by atoms with E-state index < -0.39 is 6.10 Å². The van der Waals surface area contributed by atoms with E-state index in [0.717, 1.165) is 11.3 Å². The van der Waals surface area contributed by atoms with Gasteiger partial charge in [-0.2, -0.15) is 0 Å². The summed E-state index contributed by atoms with van der Waals surface area (Å²) in [5.41, 5.74) is 0.947. The second kappa shape index (κ2) is 6.09. The molecule has 0 aliphatic rings. The van der Waals surface area contributed by atoms with Crippen molar-refractivity contribution in [1.82, 2.24) is 0 Å². The average Bonchev–Trinajstić information content (AvgIpc) is 2.28. The number of methoxy groups -OCH3 is 1. The van der Waals surface area contributed by atoms with Crippen LogP contribution in [0.1, 0.15) is 24.8 Å². The van der Waals surface area contributed by atoms with Gasteiger partial charge in [0.15, 0.2) is 0 Å². The van der Waals surface area contributed by atoms with Crippen LogP contribution in [0, 0.1) is 0 Å². The van der Waals surface area contributed by atoms with Crippen molar-refractivity contribution in [3.05, 3.63) is 28.8 Å². The molecule has 1 aromatic rings. The molecular formula is C12H17ClO3. The Balaban J connectivity index is 2.88. The summed E-state index contributed by atoms with van der Waals surface area (Å²) >= 11 is 5.92. The number of benzene rings is 1. The van der Waals surface area contributed by atoms with Crippen LogP contribution >= 0.6 is 11.6 Å². The fourth-order valence-corrected chi connectivity index (χ4v) is 1.88. The van der Waals surface area contributed by atoms with E-state index in [1.807, 2.05) is 13.0 Å². The van der Waals surface area contributed by atoms with E-state index in [0.29, 0.717) is 11.4 Å². The number of halogens is 1. The smallest absolute Gasteiger partial charge is 0.122 e. The zero-order chi connectivity index (χ0) is 12.1. The number of aliphatic hydroxyl groups is 2. The fraction of sp³-hybridized carbons (Fsp3) is 0.500. The Bertz CT molecular complexity index is 341. The van der Waals surface area contributed by atoms with Gasteiger partial charge in [0.25, 0.3) is 0 Å². The van der Waals surface area contributed by atoms with E-state index in [9.17, 15) is 5.11 Å². The first-order valence-corrected chi connectivity index (χ1v) is 5.58.